The summed E-state index contributed by atoms with van der Waals surface area (Å²) in [6, 6.07) is 4.97. The molecular weight excluding hydrogens is 184 g/mol. The van der Waals surface area contributed by atoms with Crippen molar-refractivity contribution in [3.8, 4) is 0 Å². The molecule has 0 heterocycles. The molecule has 6 heteroatoms. The molecule has 0 aliphatic heterocycles. The molecule has 0 saturated heterocycles. The van der Waals surface area contributed by atoms with E-state index < -0.39 is 0 Å². The number of hydrogen-bond acceptors (Lipinski definition) is 5. The zero-order valence-corrected chi connectivity index (χ0v) is 7.40. The number of nitrogens with one attached hydrogen (secondary N) is 2. The van der Waals surface area contributed by atoms with Crippen LogP contribution in [0.1, 0.15) is 11.1 Å². The van der Waals surface area contributed by atoms with Crippen molar-refractivity contribution in [3.63, 3.8) is 0 Å². The summed E-state index contributed by atoms with van der Waals surface area (Å²) in [4.78, 5) is 10.0. The maximum absolute atomic E-state index is 10.0. The standard InChI is InChI=1S/C8H10N4O2/c9-12-11-8-2-6(4-10-14)1-7(3-8)5-13/h1-3,13H,4-5H2,(H2,9,11). The Labute approximate surface area is 80.4 Å². The molecule has 0 atom stereocenters. The van der Waals surface area contributed by atoms with Gasteiger partial charge < -0.3 is 5.11 Å². The fourth-order valence-electron chi connectivity index (χ4n) is 1.15. The molecule has 3 N–H and O–H groups in total. The molecule has 0 amide bonds. The molecule has 74 valence electrons. The number of nitroso groups, excluding NO2 is 1. The molecular formula is C8H10N4O2. The van der Waals surface area contributed by atoms with Crippen LogP contribution in [-0.4, -0.2) is 5.11 Å². The summed E-state index contributed by atoms with van der Waals surface area (Å²) in [6.45, 7) is -0.0834. The minimum Gasteiger partial charge on any atom is -0.392 e. The second kappa shape index (κ2) is 5.03. The maximum Gasteiger partial charge on any atom is 0.106 e. The molecule has 14 heavy (non-hydrogen) atoms. The third-order valence-electron chi connectivity index (χ3n) is 1.67. The van der Waals surface area contributed by atoms with Crippen LogP contribution in [0.25, 0.3) is 0 Å². The van der Waals surface area contributed by atoms with Crippen molar-refractivity contribution in [2.45, 2.75) is 13.2 Å². The highest BCUT2D eigenvalue weighted by Crippen LogP contribution is 2.16. The molecule has 1 aromatic rings. The van der Waals surface area contributed by atoms with Gasteiger partial charge >= 0.3 is 0 Å². The van der Waals surface area contributed by atoms with Crippen LogP contribution in [0.15, 0.2) is 28.6 Å². The maximum atomic E-state index is 10.0. The Hall–Kier alpha value is -1.82. The van der Waals surface area contributed by atoms with E-state index in [9.17, 15) is 4.91 Å². The van der Waals surface area contributed by atoms with E-state index in [2.05, 4.69) is 15.8 Å². The molecule has 0 saturated carbocycles. The predicted molar refractivity (Wildman–Crippen MR) is 50.6 cm³/mol. The average molecular weight is 194 g/mol. The molecule has 1 aromatic carbocycles. The summed E-state index contributed by atoms with van der Waals surface area (Å²) in [5, 5.41) is 14.6. The van der Waals surface area contributed by atoms with Gasteiger partial charge in [-0.3, -0.25) is 5.43 Å². The van der Waals surface area contributed by atoms with E-state index in [0.717, 1.165) is 0 Å². The first-order valence-electron chi connectivity index (χ1n) is 3.95. The van der Waals surface area contributed by atoms with Gasteiger partial charge in [-0.1, -0.05) is 16.5 Å². The number of benzene rings is 1. The van der Waals surface area contributed by atoms with Gasteiger partial charge in [-0.25, -0.2) is 0 Å². The molecule has 0 aliphatic rings. The number of anilines is 1. The third-order valence-corrected chi connectivity index (χ3v) is 1.67. The largest absolute Gasteiger partial charge is 0.392 e. The topological polar surface area (TPSA) is 97.9 Å². The van der Waals surface area contributed by atoms with Gasteiger partial charge in [-0.2, -0.15) is 10.4 Å². The lowest BCUT2D eigenvalue weighted by atomic mass is 10.1. The van der Waals surface area contributed by atoms with Gasteiger partial charge in [-0.15, -0.1) is 0 Å². The van der Waals surface area contributed by atoms with Crippen molar-refractivity contribution < 1.29 is 5.11 Å². The second-order valence-electron chi connectivity index (χ2n) is 2.71. The average Bonchev–Trinajstić information content (AvgIpc) is 2.18. The summed E-state index contributed by atoms with van der Waals surface area (Å²) in [6.07, 6.45) is 0. The molecule has 0 fully saturated rings. The van der Waals surface area contributed by atoms with Gasteiger partial charge in [0.1, 0.15) is 6.54 Å². The van der Waals surface area contributed by atoms with Crippen LogP contribution in [0.5, 0.6) is 0 Å². The van der Waals surface area contributed by atoms with Crippen LogP contribution in [0.2, 0.25) is 0 Å². The van der Waals surface area contributed by atoms with E-state index in [0.29, 0.717) is 16.8 Å². The van der Waals surface area contributed by atoms with E-state index in [1.54, 1.807) is 18.2 Å². The van der Waals surface area contributed by atoms with Gasteiger partial charge in [0.25, 0.3) is 0 Å². The lowest BCUT2D eigenvalue weighted by Gasteiger charge is -2.04. The molecule has 0 radical (unpaired) electrons. The van der Waals surface area contributed by atoms with Crippen LogP contribution < -0.4 is 5.43 Å². The van der Waals surface area contributed by atoms with Crippen molar-refractivity contribution in [2.24, 2.45) is 10.4 Å². The summed E-state index contributed by atoms with van der Waals surface area (Å²) in [5.74, 6) is 0. The lowest BCUT2D eigenvalue weighted by Crippen LogP contribution is -1.93. The highest BCUT2D eigenvalue weighted by molar-refractivity contribution is 5.48. The summed E-state index contributed by atoms with van der Waals surface area (Å²) < 4.78 is 0. The van der Waals surface area contributed by atoms with E-state index >= 15 is 0 Å². The molecule has 0 aromatic heterocycles. The zero-order valence-electron chi connectivity index (χ0n) is 7.40. The summed E-state index contributed by atoms with van der Waals surface area (Å²) >= 11 is 0. The summed E-state index contributed by atoms with van der Waals surface area (Å²) in [7, 11) is 0. The zero-order chi connectivity index (χ0) is 10.4. The Morgan fingerprint density at radius 3 is 2.64 bits per heavy atom. The Kier molecular flexibility index (Phi) is 3.69. The van der Waals surface area contributed by atoms with Crippen molar-refractivity contribution in [2.75, 3.05) is 5.43 Å². The quantitative estimate of drug-likeness (QED) is 0.378. The van der Waals surface area contributed by atoms with Crippen molar-refractivity contribution in [1.82, 2.24) is 0 Å². The Morgan fingerprint density at radius 1 is 1.36 bits per heavy atom. The van der Waals surface area contributed by atoms with E-state index in [1.165, 1.54) is 0 Å². The minimum atomic E-state index is -0.126. The van der Waals surface area contributed by atoms with Crippen molar-refractivity contribution in [1.29, 1.82) is 5.53 Å². The normalized spacial score (nSPS) is 9.50. The lowest BCUT2D eigenvalue weighted by molar-refractivity contribution is 0.282. The minimum absolute atomic E-state index is 0.0422. The molecule has 0 spiro atoms. The van der Waals surface area contributed by atoms with Crippen LogP contribution in [0.4, 0.5) is 5.69 Å². The van der Waals surface area contributed by atoms with E-state index in [-0.39, 0.29) is 13.2 Å². The SMILES string of the molecule is N=NNc1cc(CO)cc(CN=O)c1. The van der Waals surface area contributed by atoms with Crippen molar-refractivity contribution in [3.05, 3.63) is 34.2 Å². The number of aliphatic hydroxyl groups is 1. The molecule has 0 unspecified atom stereocenters. The number of hydrogen-bond donors (Lipinski definition) is 3. The molecule has 0 bridgehead atoms. The first kappa shape index (κ1) is 10.3. The number of nitrogens with zero attached hydrogens (tertiary/aromatic N) is 2. The smallest absolute Gasteiger partial charge is 0.106 e. The van der Waals surface area contributed by atoms with Crippen LogP contribution in [-0.2, 0) is 13.2 Å². The highest BCUT2D eigenvalue weighted by atomic mass is 16.3. The van der Waals surface area contributed by atoms with Crippen LogP contribution >= 0.6 is 0 Å². The third kappa shape index (κ3) is 2.60. The Balaban J connectivity index is 2.99. The fraction of sp³-hybridized carbons (Fsp3) is 0.250. The predicted octanol–water partition coefficient (Wildman–Crippen LogP) is 1.80. The Morgan fingerprint density at radius 2 is 2.07 bits per heavy atom. The van der Waals surface area contributed by atoms with E-state index in [1.807, 2.05) is 0 Å². The van der Waals surface area contributed by atoms with Gasteiger partial charge in [0, 0.05) is 0 Å². The molecule has 1 rings (SSSR count). The van der Waals surface area contributed by atoms with Gasteiger partial charge in [-0.05, 0) is 23.3 Å². The first-order valence-corrected chi connectivity index (χ1v) is 3.95. The monoisotopic (exact) mass is 194 g/mol. The van der Waals surface area contributed by atoms with Gasteiger partial charge in [0.15, 0.2) is 0 Å². The van der Waals surface area contributed by atoms with Gasteiger partial charge in [0.05, 0.1) is 12.3 Å². The number of rotatable bonds is 5. The first-order chi connectivity index (χ1) is 6.80. The second-order valence-corrected chi connectivity index (χ2v) is 2.71. The number of aliphatic hydroxyl groups excluding tert-OH is 1. The van der Waals surface area contributed by atoms with Crippen LogP contribution in [0, 0.1) is 10.4 Å². The highest BCUT2D eigenvalue weighted by Gasteiger charge is 2.00. The van der Waals surface area contributed by atoms with Gasteiger partial charge in [0.2, 0.25) is 0 Å². The fourth-order valence-corrected chi connectivity index (χ4v) is 1.15. The van der Waals surface area contributed by atoms with Crippen molar-refractivity contribution >= 4 is 5.69 Å². The van der Waals surface area contributed by atoms with Crippen LogP contribution in [0.3, 0.4) is 0 Å². The molecule has 6 nitrogen and oxygen atoms in total. The Bertz CT molecular complexity index is 312. The van der Waals surface area contributed by atoms with E-state index in [4.69, 9.17) is 10.6 Å². The summed E-state index contributed by atoms with van der Waals surface area (Å²) in [5.41, 5.74) is 10.9. The molecule has 0 aliphatic carbocycles.